The Bertz CT molecular complexity index is 563. The van der Waals surface area contributed by atoms with Crippen molar-refractivity contribution in [2.24, 2.45) is 0 Å². The number of halogens is 3. The van der Waals surface area contributed by atoms with Gasteiger partial charge in [0.1, 0.15) is 17.7 Å². The van der Waals surface area contributed by atoms with Crippen LogP contribution < -0.4 is 4.74 Å². The first-order valence-electron chi connectivity index (χ1n) is 4.75. The van der Waals surface area contributed by atoms with Gasteiger partial charge < -0.3 is 9.15 Å². The lowest BCUT2D eigenvalue weighted by Crippen LogP contribution is -2.17. The maximum absolute atomic E-state index is 12.0. The molecule has 18 heavy (non-hydrogen) atoms. The molecule has 0 radical (unpaired) electrons. The molecule has 0 bridgehead atoms. The van der Waals surface area contributed by atoms with Gasteiger partial charge in [0.05, 0.1) is 0 Å². The maximum Gasteiger partial charge on any atom is 0.573 e. The maximum atomic E-state index is 12.0. The largest absolute Gasteiger partial charge is 0.573 e. The average molecular weight is 257 g/mol. The van der Waals surface area contributed by atoms with Gasteiger partial charge in [0.15, 0.2) is 6.29 Å². The number of nitrogens with zero attached hydrogens (tertiary/aromatic N) is 1. The lowest BCUT2D eigenvalue weighted by molar-refractivity contribution is -0.274. The third kappa shape index (κ3) is 2.88. The lowest BCUT2D eigenvalue weighted by Gasteiger charge is -2.08. The minimum atomic E-state index is -4.76. The molecule has 1 heterocycles. The molecule has 0 amide bonds. The summed E-state index contributed by atoms with van der Waals surface area (Å²) in [7, 11) is 0. The van der Waals surface area contributed by atoms with Gasteiger partial charge >= 0.3 is 6.36 Å². The Hall–Kier alpha value is -2.31. The number of carbonyl (C=O) groups is 1. The molecule has 1 aromatic heterocycles. The van der Waals surface area contributed by atoms with Gasteiger partial charge in [-0.25, -0.2) is 4.98 Å². The normalized spacial score (nSPS) is 11.3. The quantitative estimate of drug-likeness (QED) is 0.793. The molecule has 0 fully saturated rings. The molecule has 94 valence electrons. The van der Waals surface area contributed by atoms with E-state index in [1.165, 1.54) is 12.1 Å². The molecule has 7 heteroatoms. The van der Waals surface area contributed by atoms with E-state index in [4.69, 9.17) is 4.42 Å². The number of alkyl halides is 3. The van der Waals surface area contributed by atoms with Crippen molar-refractivity contribution in [3.63, 3.8) is 0 Å². The van der Waals surface area contributed by atoms with Crippen molar-refractivity contribution in [3.8, 4) is 17.2 Å². The van der Waals surface area contributed by atoms with Gasteiger partial charge in [-0.15, -0.1) is 13.2 Å². The van der Waals surface area contributed by atoms with Gasteiger partial charge in [0.25, 0.3) is 0 Å². The van der Waals surface area contributed by atoms with Crippen molar-refractivity contribution in [1.29, 1.82) is 0 Å². The van der Waals surface area contributed by atoms with Gasteiger partial charge in [0.2, 0.25) is 5.89 Å². The summed E-state index contributed by atoms with van der Waals surface area (Å²) < 4.78 is 44.8. The Morgan fingerprint density at radius 2 is 2.11 bits per heavy atom. The number of carbonyl (C=O) groups excluding carboxylic acids is 1. The molecular formula is C11H6F3NO3. The zero-order chi connectivity index (χ0) is 13.2. The van der Waals surface area contributed by atoms with Crippen LogP contribution in [-0.4, -0.2) is 17.6 Å². The van der Waals surface area contributed by atoms with Gasteiger partial charge in [0, 0.05) is 5.56 Å². The molecule has 0 unspecified atom stereocenters. The Morgan fingerprint density at radius 1 is 1.33 bits per heavy atom. The minimum absolute atomic E-state index is 0.0460. The zero-order valence-electron chi connectivity index (χ0n) is 8.77. The highest BCUT2D eigenvalue weighted by atomic mass is 19.4. The second kappa shape index (κ2) is 4.52. The second-order valence-corrected chi connectivity index (χ2v) is 3.27. The lowest BCUT2D eigenvalue weighted by atomic mass is 10.2. The fourth-order valence-electron chi connectivity index (χ4n) is 1.30. The molecule has 2 aromatic rings. The van der Waals surface area contributed by atoms with Gasteiger partial charge in [-0.3, -0.25) is 4.79 Å². The van der Waals surface area contributed by atoms with Crippen LogP contribution in [0.25, 0.3) is 11.5 Å². The van der Waals surface area contributed by atoms with Crippen molar-refractivity contribution >= 4 is 6.29 Å². The van der Waals surface area contributed by atoms with Crippen molar-refractivity contribution in [1.82, 2.24) is 4.98 Å². The summed E-state index contributed by atoms with van der Waals surface area (Å²) in [4.78, 5) is 14.2. The number of aldehydes is 1. The van der Waals surface area contributed by atoms with E-state index in [1.54, 1.807) is 0 Å². The molecule has 0 aliphatic carbocycles. The predicted molar refractivity (Wildman–Crippen MR) is 54.0 cm³/mol. The number of ether oxygens (including phenoxy) is 1. The summed E-state index contributed by atoms with van der Waals surface area (Å²) in [5.74, 6) is -0.337. The third-order valence-corrected chi connectivity index (χ3v) is 1.96. The molecular weight excluding hydrogens is 251 g/mol. The van der Waals surface area contributed by atoms with E-state index in [9.17, 15) is 18.0 Å². The van der Waals surface area contributed by atoms with Crippen molar-refractivity contribution in [2.75, 3.05) is 0 Å². The summed E-state index contributed by atoms with van der Waals surface area (Å²) in [6.07, 6.45) is -3.17. The standard InChI is InChI=1S/C11H6F3NO3/c12-11(13,14)18-9-3-1-2-7(4-9)10-15-8(5-16)6-17-10/h1-6H. The number of rotatable bonds is 3. The van der Waals surface area contributed by atoms with Crippen molar-refractivity contribution in [2.45, 2.75) is 6.36 Å². The highest BCUT2D eigenvalue weighted by Gasteiger charge is 2.31. The van der Waals surface area contributed by atoms with E-state index < -0.39 is 6.36 Å². The molecule has 4 nitrogen and oxygen atoms in total. The fourth-order valence-corrected chi connectivity index (χ4v) is 1.30. The van der Waals surface area contributed by atoms with Crippen LogP contribution in [0.5, 0.6) is 5.75 Å². The highest BCUT2D eigenvalue weighted by Crippen LogP contribution is 2.27. The van der Waals surface area contributed by atoms with E-state index in [2.05, 4.69) is 9.72 Å². The van der Waals surface area contributed by atoms with Crippen LogP contribution in [0.3, 0.4) is 0 Å². The van der Waals surface area contributed by atoms with Gasteiger partial charge in [-0.2, -0.15) is 0 Å². The Morgan fingerprint density at radius 3 is 2.72 bits per heavy atom. The number of hydrogen-bond donors (Lipinski definition) is 0. The van der Waals surface area contributed by atoms with Crippen LogP contribution in [0.4, 0.5) is 13.2 Å². The first-order chi connectivity index (χ1) is 8.48. The SMILES string of the molecule is O=Cc1coc(-c2cccc(OC(F)(F)F)c2)n1. The van der Waals surface area contributed by atoms with Crippen molar-refractivity contribution < 1.29 is 27.1 Å². The number of hydrogen-bond acceptors (Lipinski definition) is 4. The first kappa shape index (κ1) is 12.2. The smallest absolute Gasteiger partial charge is 0.444 e. The Balaban J connectivity index is 2.29. The van der Waals surface area contributed by atoms with Crippen LogP contribution in [0, 0.1) is 0 Å². The van der Waals surface area contributed by atoms with Gasteiger partial charge in [-0.05, 0) is 18.2 Å². The van der Waals surface area contributed by atoms with E-state index in [1.807, 2.05) is 0 Å². The molecule has 0 aliphatic rings. The first-order valence-corrected chi connectivity index (χ1v) is 4.75. The molecule has 0 saturated carbocycles. The molecule has 0 spiro atoms. The molecule has 0 saturated heterocycles. The second-order valence-electron chi connectivity index (χ2n) is 3.27. The van der Waals surface area contributed by atoms with E-state index in [0.717, 1.165) is 18.4 Å². The summed E-state index contributed by atoms with van der Waals surface area (Å²) in [6, 6.07) is 5.12. The highest BCUT2D eigenvalue weighted by molar-refractivity contribution is 5.72. The summed E-state index contributed by atoms with van der Waals surface area (Å²) in [6.45, 7) is 0. The summed E-state index contributed by atoms with van der Waals surface area (Å²) in [5.41, 5.74) is 0.344. The van der Waals surface area contributed by atoms with Crippen LogP contribution in [0.2, 0.25) is 0 Å². The van der Waals surface area contributed by atoms with E-state index >= 15 is 0 Å². The van der Waals surface area contributed by atoms with Gasteiger partial charge in [-0.1, -0.05) is 6.07 Å². The summed E-state index contributed by atoms with van der Waals surface area (Å²) >= 11 is 0. The van der Waals surface area contributed by atoms with Crippen LogP contribution >= 0.6 is 0 Å². The molecule has 2 rings (SSSR count). The van der Waals surface area contributed by atoms with Crippen LogP contribution in [-0.2, 0) is 0 Å². The average Bonchev–Trinajstić information content (AvgIpc) is 2.75. The summed E-state index contributed by atoms with van der Waals surface area (Å²) in [5, 5.41) is 0. The number of oxazole rings is 1. The molecule has 0 atom stereocenters. The molecule has 0 aliphatic heterocycles. The zero-order valence-corrected chi connectivity index (χ0v) is 8.77. The third-order valence-electron chi connectivity index (χ3n) is 1.96. The van der Waals surface area contributed by atoms with Crippen molar-refractivity contribution in [3.05, 3.63) is 36.2 Å². The minimum Gasteiger partial charge on any atom is -0.444 e. The molecule has 1 aromatic carbocycles. The Labute approximate surface area is 99.0 Å². The fraction of sp³-hybridized carbons (Fsp3) is 0.0909. The monoisotopic (exact) mass is 257 g/mol. The predicted octanol–water partition coefficient (Wildman–Crippen LogP) is 3.05. The Kier molecular flexibility index (Phi) is 3.05. The van der Waals surface area contributed by atoms with E-state index in [-0.39, 0.29) is 22.9 Å². The van der Waals surface area contributed by atoms with E-state index in [0.29, 0.717) is 6.29 Å². The number of benzene rings is 1. The topological polar surface area (TPSA) is 52.3 Å². The van der Waals surface area contributed by atoms with Crippen LogP contribution in [0.15, 0.2) is 34.9 Å². The molecule has 0 N–H and O–H groups in total. The number of aromatic nitrogens is 1. The van der Waals surface area contributed by atoms with Crippen LogP contribution in [0.1, 0.15) is 10.5 Å².